The SMILES string of the molecule is COc1ccc(-n2c(C)nc3c(NC(C4CC4)C4CC4)nc(C)nc32)cc1F. The van der Waals surface area contributed by atoms with Gasteiger partial charge in [0.25, 0.3) is 0 Å². The van der Waals surface area contributed by atoms with Gasteiger partial charge in [0.2, 0.25) is 0 Å². The highest BCUT2D eigenvalue weighted by molar-refractivity contribution is 5.85. The van der Waals surface area contributed by atoms with Crippen molar-refractivity contribution >= 4 is 17.0 Å². The third kappa shape index (κ3) is 2.99. The van der Waals surface area contributed by atoms with E-state index in [0.29, 0.717) is 23.2 Å². The maximum Gasteiger partial charge on any atom is 0.170 e. The Balaban J connectivity index is 1.60. The topological polar surface area (TPSA) is 64.9 Å². The fourth-order valence-electron chi connectivity index (χ4n) is 4.07. The highest BCUT2D eigenvalue weighted by Gasteiger charge is 2.42. The van der Waals surface area contributed by atoms with Crippen LogP contribution in [0, 0.1) is 31.5 Å². The van der Waals surface area contributed by atoms with E-state index in [1.165, 1.54) is 38.9 Å². The molecule has 0 spiro atoms. The first-order valence-electron chi connectivity index (χ1n) is 9.89. The van der Waals surface area contributed by atoms with Gasteiger partial charge in [0.05, 0.1) is 12.8 Å². The summed E-state index contributed by atoms with van der Waals surface area (Å²) in [5.74, 6) is 3.52. The van der Waals surface area contributed by atoms with Gasteiger partial charge in [-0.25, -0.2) is 19.3 Å². The van der Waals surface area contributed by atoms with Gasteiger partial charge in [-0.2, -0.15) is 0 Å². The molecule has 5 rings (SSSR count). The van der Waals surface area contributed by atoms with E-state index >= 15 is 0 Å². The smallest absolute Gasteiger partial charge is 0.170 e. The summed E-state index contributed by atoms with van der Waals surface area (Å²) in [5.41, 5.74) is 2.11. The van der Waals surface area contributed by atoms with Crippen LogP contribution in [0.4, 0.5) is 10.2 Å². The molecule has 0 bridgehead atoms. The van der Waals surface area contributed by atoms with Crippen LogP contribution in [0.1, 0.15) is 37.3 Å². The molecule has 28 heavy (non-hydrogen) atoms. The number of nitrogens with zero attached hydrogens (tertiary/aromatic N) is 4. The summed E-state index contributed by atoms with van der Waals surface area (Å²) < 4.78 is 21.2. The molecule has 0 radical (unpaired) electrons. The fraction of sp³-hybridized carbons (Fsp3) is 0.476. The highest BCUT2D eigenvalue weighted by Crippen LogP contribution is 2.46. The minimum absolute atomic E-state index is 0.218. The van der Waals surface area contributed by atoms with Crippen LogP contribution < -0.4 is 10.1 Å². The molecular weight excluding hydrogens is 357 g/mol. The number of aromatic nitrogens is 4. The van der Waals surface area contributed by atoms with E-state index in [2.05, 4.69) is 15.3 Å². The number of nitrogens with one attached hydrogen (secondary N) is 1. The summed E-state index contributed by atoms with van der Waals surface area (Å²) in [6, 6.07) is 5.37. The van der Waals surface area contributed by atoms with Crippen LogP contribution in [-0.4, -0.2) is 32.7 Å². The number of hydrogen-bond acceptors (Lipinski definition) is 5. The highest BCUT2D eigenvalue weighted by atomic mass is 19.1. The van der Waals surface area contributed by atoms with Gasteiger partial charge >= 0.3 is 0 Å². The van der Waals surface area contributed by atoms with Crippen LogP contribution in [0.3, 0.4) is 0 Å². The van der Waals surface area contributed by atoms with Crippen molar-refractivity contribution in [2.45, 2.75) is 45.6 Å². The molecule has 0 unspecified atom stereocenters. The Labute approximate surface area is 163 Å². The van der Waals surface area contributed by atoms with Crippen molar-refractivity contribution in [3.8, 4) is 11.4 Å². The number of methoxy groups -OCH3 is 1. The average Bonchev–Trinajstić information content (AvgIpc) is 3.57. The van der Waals surface area contributed by atoms with Crippen LogP contribution >= 0.6 is 0 Å². The van der Waals surface area contributed by atoms with Crippen LogP contribution in [0.25, 0.3) is 16.9 Å². The van der Waals surface area contributed by atoms with Gasteiger partial charge in [-0.05, 0) is 63.5 Å². The molecule has 146 valence electrons. The van der Waals surface area contributed by atoms with E-state index in [-0.39, 0.29) is 5.75 Å². The van der Waals surface area contributed by atoms with E-state index in [9.17, 15) is 4.39 Å². The number of aryl methyl sites for hydroxylation is 2. The lowest BCUT2D eigenvalue weighted by Crippen LogP contribution is -2.25. The van der Waals surface area contributed by atoms with E-state index < -0.39 is 5.82 Å². The minimum atomic E-state index is -0.409. The average molecular weight is 381 g/mol. The van der Waals surface area contributed by atoms with Crippen molar-refractivity contribution in [2.24, 2.45) is 11.8 Å². The zero-order valence-electron chi connectivity index (χ0n) is 16.4. The fourth-order valence-corrected chi connectivity index (χ4v) is 4.07. The Morgan fingerprint density at radius 2 is 1.82 bits per heavy atom. The Morgan fingerprint density at radius 3 is 2.43 bits per heavy atom. The first-order chi connectivity index (χ1) is 13.5. The van der Waals surface area contributed by atoms with Crippen molar-refractivity contribution in [3.05, 3.63) is 35.7 Å². The Bertz CT molecular complexity index is 1040. The van der Waals surface area contributed by atoms with Gasteiger partial charge in [-0.3, -0.25) is 4.57 Å². The molecule has 2 aromatic heterocycles. The van der Waals surface area contributed by atoms with Gasteiger partial charge in [0, 0.05) is 12.1 Å². The zero-order chi connectivity index (χ0) is 19.4. The van der Waals surface area contributed by atoms with Crippen molar-refractivity contribution in [3.63, 3.8) is 0 Å². The van der Waals surface area contributed by atoms with Gasteiger partial charge in [0.15, 0.2) is 28.5 Å². The molecule has 2 aliphatic rings. The lowest BCUT2D eigenvalue weighted by Gasteiger charge is -2.18. The Hall–Kier alpha value is -2.70. The van der Waals surface area contributed by atoms with E-state index in [4.69, 9.17) is 9.72 Å². The number of fused-ring (bicyclic) bond motifs is 1. The first kappa shape index (κ1) is 17.4. The predicted molar refractivity (Wildman–Crippen MR) is 106 cm³/mol. The largest absolute Gasteiger partial charge is 0.494 e. The number of hydrogen-bond donors (Lipinski definition) is 1. The summed E-state index contributed by atoms with van der Waals surface area (Å²) >= 11 is 0. The van der Waals surface area contributed by atoms with Gasteiger partial charge < -0.3 is 10.1 Å². The Morgan fingerprint density at radius 1 is 1.11 bits per heavy atom. The summed E-state index contributed by atoms with van der Waals surface area (Å²) in [6.07, 6.45) is 5.17. The molecule has 1 aromatic carbocycles. The number of rotatable bonds is 6. The minimum Gasteiger partial charge on any atom is -0.494 e. The van der Waals surface area contributed by atoms with Crippen molar-refractivity contribution in [2.75, 3.05) is 12.4 Å². The summed E-state index contributed by atoms with van der Waals surface area (Å²) in [5, 5.41) is 3.69. The molecule has 2 heterocycles. The molecule has 2 aliphatic carbocycles. The first-order valence-corrected chi connectivity index (χ1v) is 9.89. The standard InChI is InChI=1S/C21H24FN5O/c1-11-23-20(26-18(13-4-5-13)14-6-7-14)19-21(24-11)27(12(2)25-19)15-8-9-17(28-3)16(22)10-15/h8-10,13-14,18H,4-7H2,1-3H3,(H,23,24,26). The quantitative estimate of drug-likeness (QED) is 0.694. The second-order valence-electron chi connectivity index (χ2n) is 7.95. The third-order valence-corrected chi connectivity index (χ3v) is 5.74. The van der Waals surface area contributed by atoms with Gasteiger partial charge in [0.1, 0.15) is 11.6 Å². The van der Waals surface area contributed by atoms with Crippen molar-refractivity contribution < 1.29 is 9.13 Å². The molecule has 2 fully saturated rings. The third-order valence-electron chi connectivity index (χ3n) is 5.74. The number of benzene rings is 1. The van der Waals surface area contributed by atoms with Crippen LogP contribution in [-0.2, 0) is 0 Å². The lowest BCUT2D eigenvalue weighted by atomic mass is 10.1. The molecule has 1 N–H and O–H groups in total. The van der Waals surface area contributed by atoms with Crippen molar-refractivity contribution in [1.29, 1.82) is 0 Å². The zero-order valence-corrected chi connectivity index (χ0v) is 16.4. The number of anilines is 1. The number of halogens is 1. The summed E-state index contributed by atoms with van der Waals surface area (Å²) in [4.78, 5) is 14.0. The normalized spacial score (nSPS) is 16.8. The van der Waals surface area contributed by atoms with Crippen LogP contribution in [0.15, 0.2) is 18.2 Å². The molecular formula is C21H24FN5O. The maximum atomic E-state index is 14.3. The lowest BCUT2D eigenvalue weighted by molar-refractivity contribution is 0.386. The second kappa shape index (κ2) is 6.43. The van der Waals surface area contributed by atoms with Crippen LogP contribution in [0.2, 0.25) is 0 Å². The van der Waals surface area contributed by atoms with E-state index in [1.54, 1.807) is 6.07 Å². The number of imidazole rings is 1. The molecule has 2 saturated carbocycles. The van der Waals surface area contributed by atoms with Crippen LogP contribution in [0.5, 0.6) is 5.75 Å². The van der Waals surface area contributed by atoms with Gasteiger partial charge in [-0.1, -0.05) is 0 Å². The number of ether oxygens (including phenoxy) is 1. The molecule has 7 heteroatoms. The molecule has 0 amide bonds. The van der Waals surface area contributed by atoms with E-state index in [1.807, 2.05) is 24.5 Å². The van der Waals surface area contributed by atoms with E-state index in [0.717, 1.165) is 29.0 Å². The van der Waals surface area contributed by atoms with Gasteiger partial charge in [-0.15, -0.1) is 0 Å². The molecule has 0 aliphatic heterocycles. The summed E-state index contributed by atoms with van der Waals surface area (Å²) in [6.45, 7) is 3.79. The second-order valence-corrected chi connectivity index (χ2v) is 7.95. The Kier molecular flexibility index (Phi) is 4.00. The molecule has 6 nitrogen and oxygen atoms in total. The molecule has 0 atom stereocenters. The summed E-state index contributed by atoms with van der Waals surface area (Å²) in [7, 11) is 1.46. The van der Waals surface area contributed by atoms with Crippen molar-refractivity contribution in [1.82, 2.24) is 19.5 Å². The monoisotopic (exact) mass is 381 g/mol. The molecule has 0 saturated heterocycles. The maximum absolute atomic E-state index is 14.3. The predicted octanol–water partition coefficient (Wildman–Crippen LogP) is 4.18. The molecule has 3 aromatic rings.